The Morgan fingerprint density at radius 3 is 1.37 bits per heavy atom. The Morgan fingerprint density at radius 1 is 0.565 bits per heavy atom. The zero-order valence-electron chi connectivity index (χ0n) is 26.3. The third kappa shape index (κ3) is 9.80. The summed E-state index contributed by atoms with van der Waals surface area (Å²) in [7, 11) is 1.52. The van der Waals surface area contributed by atoms with E-state index < -0.39 is 42.8 Å². The Balaban J connectivity index is 1.50. The van der Waals surface area contributed by atoms with Gasteiger partial charge < -0.3 is 33.2 Å². The van der Waals surface area contributed by atoms with Gasteiger partial charge >= 0.3 is 5.97 Å². The Kier molecular flexibility index (Phi) is 12.9. The fourth-order valence-corrected chi connectivity index (χ4v) is 5.45. The number of hydrogen-bond donors (Lipinski definition) is 0. The van der Waals surface area contributed by atoms with Gasteiger partial charge in [-0.05, 0) is 22.3 Å². The van der Waals surface area contributed by atoms with Crippen LogP contribution in [0.1, 0.15) is 29.2 Å². The van der Waals surface area contributed by atoms with E-state index in [1.165, 1.54) is 14.0 Å². The molecule has 0 bridgehead atoms. The Morgan fingerprint density at radius 2 is 0.957 bits per heavy atom. The van der Waals surface area contributed by atoms with E-state index in [2.05, 4.69) is 0 Å². The molecule has 0 amide bonds. The first-order valence-corrected chi connectivity index (χ1v) is 15.5. The second-order valence-electron chi connectivity index (χ2n) is 11.1. The molecule has 6 atom stereocenters. The van der Waals surface area contributed by atoms with E-state index in [9.17, 15) is 4.79 Å². The van der Waals surface area contributed by atoms with E-state index in [4.69, 9.17) is 33.2 Å². The monoisotopic (exact) mass is 626 g/mol. The van der Waals surface area contributed by atoms with Crippen molar-refractivity contribution in [1.29, 1.82) is 0 Å². The molecule has 0 saturated carbocycles. The maximum absolute atomic E-state index is 12.5. The SMILES string of the molecule is CO[C@H]1O[C@H](COCc2ccccc2)[C@@H](OCc2ccccc2)[C@H](OCc2ccccc2)[C@@H](OCc2ccccc2)[C@H]1OC(C)=O. The maximum atomic E-state index is 12.5. The molecule has 0 radical (unpaired) electrons. The molecule has 1 aliphatic rings. The van der Waals surface area contributed by atoms with Crippen LogP contribution in [0.3, 0.4) is 0 Å². The highest BCUT2D eigenvalue weighted by Crippen LogP contribution is 2.32. The summed E-state index contributed by atoms with van der Waals surface area (Å²) in [5, 5.41) is 0. The molecule has 8 nitrogen and oxygen atoms in total. The third-order valence-corrected chi connectivity index (χ3v) is 7.70. The molecule has 0 spiro atoms. The van der Waals surface area contributed by atoms with Crippen LogP contribution in [0.5, 0.6) is 0 Å². The van der Waals surface area contributed by atoms with Crippen LogP contribution in [0.25, 0.3) is 0 Å². The van der Waals surface area contributed by atoms with Crippen molar-refractivity contribution in [3.8, 4) is 0 Å². The Hall–Kier alpha value is -3.89. The fourth-order valence-electron chi connectivity index (χ4n) is 5.45. The first-order chi connectivity index (χ1) is 22.6. The van der Waals surface area contributed by atoms with Crippen molar-refractivity contribution in [2.24, 2.45) is 0 Å². The highest BCUT2D eigenvalue weighted by Gasteiger charge is 2.51. The fraction of sp³-hybridized carbons (Fsp3) is 0.342. The normalized spacial score (nSPS) is 23.0. The van der Waals surface area contributed by atoms with Gasteiger partial charge in [-0.3, -0.25) is 4.79 Å². The molecule has 1 fully saturated rings. The van der Waals surface area contributed by atoms with E-state index >= 15 is 0 Å². The molecule has 0 aromatic heterocycles. The molecule has 4 aromatic carbocycles. The smallest absolute Gasteiger partial charge is 0.303 e. The molecule has 0 unspecified atom stereocenters. The van der Waals surface area contributed by atoms with Crippen molar-refractivity contribution in [3.05, 3.63) is 144 Å². The second kappa shape index (κ2) is 17.7. The number of esters is 1. The van der Waals surface area contributed by atoms with E-state index in [0.29, 0.717) is 6.61 Å². The predicted octanol–water partition coefficient (Wildman–Crippen LogP) is 6.26. The van der Waals surface area contributed by atoms with Crippen LogP contribution >= 0.6 is 0 Å². The van der Waals surface area contributed by atoms with Crippen LogP contribution in [0.15, 0.2) is 121 Å². The van der Waals surface area contributed by atoms with Gasteiger partial charge in [-0.2, -0.15) is 0 Å². The molecule has 4 aromatic rings. The summed E-state index contributed by atoms with van der Waals surface area (Å²) >= 11 is 0. The lowest BCUT2D eigenvalue weighted by Gasteiger charge is -2.36. The van der Waals surface area contributed by atoms with Crippen LogP contribution in [-0.2, 0) is 64.4 Å². The van der Waals surface area contributed by atoms with E-state index in [1.807, 2.05) is 121 Å². The molecule has 1 heterocycles. The number of rotatable bonds is 15. The molecule has 242 valence electrons. The molecular formula is C38H42O8. The van der Waals surface area contributed by atoms with Crippen molar-refractivity contribution in [1.82, 2.24) is 0 Å². The lowest BCUT2D eigenvalue weighted by Crippen LogP contribution is -2.52. The molecule has 0 N–H and O–H groups in total. The van der Waals surface area contributed by atoms with Gasteiger partial charge in [0.25, 0.3) is 0 Å². The number of carbonyl (C=O) groups excluding carboxylic acids is 1. The van der Waals surface area contributed by atoms with Gasteiger partial charge in [-0.1, -0.05) is 121 Å². The first kappa shape index (κ1) is 33.5. The molecule has 0 aliphatic carbocycles. The van der Waals surface area contributed by atoms with Crippen molar-refractivity contribution >= 4 is 5.97 Å². The summed E-state index contributed by atoms with van der Waals surface area (Å²) in [5.41, 5.74) is 3.94. The number of benzene rings is 4. The van der Waals surface area contributed by atoms with Crippen molar-refractivity contribution in [2.75, 3.05) is 13.7 Å². The van der Waals surface area contributed by atoms with Crippen LogP contribution in [0, 0.1) is 0 Å². The van der Waals surface area contributed by atoms with Gasteiger partial charge in [0.05, 0.1) is 33.0 Å². The summed E-state index contributed by atoms with van der Waals surface area (Å²) in [4.78, 5) is 12.5. The predicted molar refractivity (Wildman–Crippen MR) is 172 cm³/mol. The van der Waals surface area contributed by atoms with Gasteiger partial charge in [0.15, 0.2) is 12.4 Å². The summed E-state index contributed by atoms with van der Waals surface area (Å²) in [6.07, 6.45) is -4.88. The molecule has 1 saturated heterocycles. The molecule has 8 heteroatoms. The van der Waals surface area contributed by atoms with E-state index in [-0.39, 0.29) is 26.4 Å². The highest BCUT2D eigenvalue weighted by molar-refractivity contribution is 5.66. The molecule has 5 rings (SSSR count). The second-order valence-corrected chi connectivity index (χ2v) is 11.1. The largest absolute Gasteiger partial charge is 0.454 e. The van der Waals surface area contributed by atoms with Gasteiger partial charge in [-0.15, -0.1) is 0 Å². The van der Waals surface area contributed by atoms with E-state index in [1.54, 1.807) is 0 Å². The quantitative estimate of drug-likeness (QED) is 0.143. The zero-order valence-corrected chi connectivity index (χ0v) is 26.3. The lowest BCUT2D eigenvalue weighted by atomic mass is 9.99. The minimum absolute atomic E-state index is 0.164. The highest BCUT2D eigenvalue weighted by atomic mass is 16.7. The standard InChI is InChI=1S/C38H42O8/c1-28(39)45-37-36(44-26-32-21-13-6-14-22-32)35(43-25-31-19-11-5-12-20-31)34(42-24-30-17-9-4-10-18-30)33(46-38(37)40-2)27-41-23-29-15-7-3-8-16-29/h3-22,33-38H,23-27H2,1-2H3/t33-,34-,35+,36-,37-,38+/m1/s1. The van der Waals surface area contributed by atoms with Crippen LogP contribution in [0.2, 0.25) is 0 Å². The van der Waals surface area contributed by atoms with Crippen LogP contribution < -0.4 is 0 Å². The van der Waals surface area contributed by atoms with Crippen molar-refractivity contribution in [2.45, 2.75) is 70.2 Å². The number of ether oxygens (including phenoxy) is 7. The average Bonchev–Trinajstić information content (AvgIpc) is 3.20. The Labute approximate surface area is 271 Å². The van der Waals surface area contributed by atoms with E-state index in [0.717, 1.165) is 22.3 Å². The summed E-state index contributed by atoms with van der Waals surface area (Å²) in [6, 6.07) is 39.5. The van der Waals surface area contributed by atoms with Gasteiger partial charge in [0.2, 0.25) is 0 Å². The number of hydrogen-bond acceptors (Lipinski definition) is 8. The minimum atomic E-state index is -0.983. The van der Waals surface area contributed by atoms with Crippen molar-refractivity contribution in [3.63, 3.8) is 0 Å². The van der Waals surface area contributed by atoms with Crippen LogP contribution in [0.4, 0.5) is 0 Å². The summed E-state index contributed by atoms with van der Waals surface area (Å²) < 4.78 is 44.5. The maximum Gasteiger partial charge on any atom is 0.303 e. The lowest BCUT2D eigenvalue weighted by molar-refractivity contribution is -0.239. The summed E-state index contributed by atoms with van der Waals surface area (Å²) in [5.74, 6) is -0.494. The third-order valence-electron chi connectivity index (χ3n) is 7.70. The first-order valence-electron chi connectivity index (χ1n) is 15.5. The van der Waals surface area contributed by atoms with Gasteiger partial charge in [0, 0.05) is 14.0 Å². The van der Waals surface area contributed by atoms with Crippen LogP contribution in [-0.4, -0.2) is 56.5 Å². The molecule has 46 heavy (non-hydrogen) atoms. The van der Waals surface area contributed by atoms with Crippen molar-refractivity contribution < 1.29 is 38.0 Å². The topological polar surface area (TPSA) is 81.7 Å². The zero-order chi connectivity index (χ0) is 32.0. The summed E-state index contributed by atoms with van der Waals surface area (Å²) in [6.45, 7) is 2.69. The molecular weight excluding hydrogens is 584 g/mol. The number of methoxy groups -OCH3 is 1. The average molecular weight is 627 g/mol. The van der Waals surface area contributed by atoms with Gasteiger partial charge in [0.1, 0.15) is 24.4 Å². The number of carbonyl (C=O) groups is 1. The minimum Gasteiger partial charge on any atom is -0.454 e. The molecule has 1 aliphatic heterocycles. The van der Waals surface area contributed by atoms with Gasteiger partial charge in [-0.25, -0.2) is 0 Å². The Bertz CT molecular complexity index is 1420.